The van der Waals surface area contributed by atoms with Gasteiger partial charge in [-0.05, 0) is 30.6 Å². The van der Waals surface area contributed by atoms with Gasteiger partial charge in [-0.1, -0.05) is 41.0 Å². The summed E-state index contributed by atoms with van der Waals surface area (Å²) in [5.41, 5.74) is -0.633. The van der Waals surface area contributed by atoms with E-state index < -0.39 is 11.4 Å². The highest BCUT2D eigenvalue weighted by Crippen LogP contribution is 2.36. The molecule has 0 spiro atoms. The molecule has 1 amide bonds. The number of carbonyl (C=O) groups is 2. The first-order valence-corrected chi connectivity index (χ1v) is 8.13. The van der Waals surface area contributed by atoms with E-state index in [-0.39, 0.29) is 17.2 Å². The molecule has 4 heteroatoms. The Bertz CT molecular complexity index is 382. The van der Waals surface area contributed by atoms with Crippen molar-refractivity contribution in [3.05, 3.63) is 0 Å². The van der Waals surface area contributed by atoms with Crippen molar-refractivity contribution in [2.45, 2.75) is 66.7 Å². The van der Waals surface area contributed by atoms with Gasteiger partial charge in [-0.25, -0.2) is 0 Å². The van der Waals surface area contributed by atoms with Crippen LogP contribution in [0.1, 0.15) is 66.7 Å². The normalized spacial score (nSPS) is 24.7. The lowest BCUT2D eigenvalue weighted by Crippen LogP contribution is -2.50. The van der Waals surface area contributed by atoms with Crippen LogP contribution in [-0.2, 0) is 9.59 Å². The summed E-state index contributed by atoms with van der Waals surface area (Å²) in [6, 6.07) is 0. The topological polar surface area (TPSA) is 57.6 Å². The van der Waals surface area contributed by atoms with Gasteiger partial charge in [-0.2, -0.15) is 0 Å². The Hall–Kier alpha value is -1.06. The highest BCUT2D eigenvalue weighted by Gasteiger charge is 2.43. The second-order valence-electron chi connectivity index (χ2n) is 7.73. The van der Waals surface area contributed by atoms with Crippen molar-refractivity contribution in [1.82, 2.24) is 4.90 Å². The predicted octanol–water partition coefficient (Wildman–Crippen LogP) is 3.55. The van der Waals surface area contributed by atoms with E-state index in [1.807, 2.05) is 6.92 Å². The van der Waals surface area contributed by atoms with Crippen molar-refractivity contribution in [2.24, 2.45) is 16.7 Å². The van der Waals surface area contributed by atoms with E-state index in [0.717, 1.165) is 12.8 Å². The minimum absolute atomic E-state index is 0.0960. The van der Waals surface area contributed by atoms with Crippen LogP contribution in [0.25, 0.3) is 0 Å². The third-order valence-electron chi connectivity index (χ3n) is 5.07. The Morgan fingerprint density at radius 2 is 1.95 bits per heavy atom. The molecule has 21 heavy (non-hydrogen) atoms. The van der Waals surface area contributed by atoms with Crippen molar-refractivity contribution >= 4 is 11.9 Å². The predicted molar refractivity (Wildman–Crippen MR) is 84.0 cm³/mol. The van der Waals surface area contributed by atoms with Gasteiger partial charge in [-0.3, -0.25) is 9.59 Å². The van der Waals surface area contributed by atoms with Crippen LogP contribution in [0.4, 0.5) is 0 Å². The maximum atomic E-state index is 12.5. The van der Waals surface area contributed by atoms with Gasteiger partial charge in [0, 0.05) is 19.5 Å². The molecule has 1 aliphatic heterocycles. The van der Waals surface area contributed by atoms with Gasteiger partial charge < -0.3 is 10.0 Å². The van der Waals surface area contributed by atoms with Gasteiger partial charge in [0.1, 0.15) is 0 Å². The number of piperidine rings is 1. The lowest BCUT2D eigenvalue weighted by molar-refractivity contribution is -0.155. The lowest BCUT2D eigenvalue weighted by atomic mass is 9.75. The largest absolute Gasteiger partial charge is 0.481 e. The summed E-state index contributed by atoms with van der Waals surface area (Å²) < 4.78 is 0. The fourth-order valence-electron chi connectivity index (χ4n) is 3.01. The molecule has 4 nitrogen and oxygen atoms in total. The molecule has 0 aromatic carbocycles. The molecular weight excluding hydrogens is 266 g/mol. The van der Waals surface area contributed by atoms with Gasteiger partial charge in [0.15, 0.2) is 0 Å². The smallest absolute Gasteiger partial charge is 0.311 e. The maximum absolute atomic E-state index is 12.5. The molecule has 1 fully saturated rings. The number of likely N-dealkylation sites (tertiary alicyclic amines) is 1. The molecule has 0 aliphatic carbocycles. The first-order chi connectivity index (χ1) is 9.62. The first-order valence-electron chi connectivity index (χ1n) is 8.13. The van der Waals surface area contributed by atoms with E-state index in [9.17, 15) is 14.7 Å². The maximum Gasteiger partial charge on any atom is 0.311 e. The summed E-state index contributed by atoms with van der Waals surface area (Å²) in [6.45, 7) is 11.6. The van der Waals surface area contributed by atoms with Crippen LogP contribution < -0.4 is 0 Å². The molecule has 0 saturated carbocycles. The quantitative estimate of drug-likeness (QED) is 0.844. The fraction of sp³-hybridized carbons (Fsp3) is 0.882. The van der Waals surface area contributed by atoms with Crippen LogP contribution >= 0.6 is 0 Å². The summed E-state index contributed by atoms with van der Waals surface area (Å²) >= 11 is 0. The number of hydrogen-bond donors (Lipinski definition) is 1. The Labute approximate surface area is 128 Å². The Morgan fingerprint density at radius 3 is 2.43 bits per heavy atom. The Balaban J connectivity index is 2.75. The van der Waals surface area contributed by atoms with E-state index in [4.69, 9.17) is 0 Å². The van der Waals surface area contributed by atoms with Gasteiger partial charge in [0.25, 0.3) is 0 Å². The highest BCUT2D eigenvalue weighted by atomic mass is 16.4. The molecule has 0 bridgehead atoms. The summed E-state index contributed by atoms with van der Waals surface area (Å²) in [5, 5.41) is 9.59. The molecule has 122 valence electrons. The standard InChI is InChI=1S/C17H31NO3/c1-6-8-17(15(20)21)9-7-10-18(12-17)14(19)11-13(2)16(3,4)5/h13H,6-12H2,1-5H3,(H,20,21). The van der Waals surface area contributed by atoms with E-state index in [1.54, 1.807) is 4.90 Å². The van der Waals surface area contributed by atoms with Gasteiger partial charge >= 0.3 is 5.97 Å². The third-order valence-corrected chi connectivity index (χ3v) is 5.07. The van der Waals surface area contributed by atoms with Crippen molar-refractivity contribution in [1.29, 1.82) is 0 Å². The van der Waals surface area contributed by atoms with Gasteiger partial charge in [0.05, 0.1) is 5.41 Å². The summed E-state index contributed by atoms with van der Waals surface area (Å²) in [6.07, 6.45) is 3.48. The monoisotopic (exact) mass is 297 g/mol. The number of amides is 1. The fourth-order valence-corrected chi connectivity index (χ4v) is 3.01. The minimum Gasteiger partial charge on any atom is -0.481 e. The zero-order valence-electron chi connectivity index (χ0n) is 14.2. The molecular formula is C17H31NO3. The molecule has 1 aliphatic rings. The summed E-state index contributed by atoms with van der Waals surface area (Å²) in [7, 11) is 0. The Kier molecular flexibility index (Phi) is 5.83. The molecule has 0 aromatic heterocycles. The minimum atomic E-state index is -0.745. The molecule has 0 aromatic rings. The van der Waals surface area contributed by atoms with E-state index in [1.165, 1.54) is 0 Å². The number of nitrogens with zero attached hydrogens (tertiary/aromatic N) is 1. The van der Waals surface area contributed by atoms with Crippen molar-refractivity contribution in [3.8, 4) is 0 Å². The number of rotatable bonds is 5. The van der Waals surface area contributed by atoms with Gasteiger partial charge in [-0.15, -0.1) is 0 Å². The summed E-state index contributed by atoms with van der Waals surface area (Å²) in [5.74, 6) is -0.345. The number of carbonyl (C=O) groups excluding carboxylic acids is 1. The number of carboxylic acids is 1. The molecule has 1 rings (SSSR count). The molecule has 1 N–H and O–H groups in total. The van der Waals surface area contributed by atoms with Crippen LogP contribution in [0.3, 0.4) is 0 Å². The van der Waals surface area contributed by atoms with Crippen LogP contribution in [0, 0.1) is 16.7 Å². The number of aliphatic carboxylic acids is 1. The van der Waals surface area contributed by atoms with Crippen molar-refractivity contribution in [2.75, 3.05) is 13.1 Å². The van der Waals surface area contributed by atoms with E-state index in [2.05, 4.69) is 27.7 Å². The Morgan fingerprint density at radius 1 is 1.33 bits per heavy atom. The molecule has 2 unspecified atom stereocenters. The van der Waals surface area contributed by atoms with E-state index in [0.29, 0.717) is 32.4 Å². The third kappa shape index (κ3) is 4.45. The summed E-state index contributed by atoms with van der Waals surface area (Å²) in [4.78, 5) is 26.0. The zero-order chi connectivity index (χ0) is 16.3. The van der Waals surface area contributed by atoms with Crippen LogP contribution in [0.15, 0.2) is 0 Å². The average molecular weight is 297 g/mol. The molecule has 1 saturated heterocycles. The number of hydrogen-bond acceptors (Lipinski definition) is 2. The second kappa shape index (κ2) is 6.80. The zero-order valence-corrected chi connectivity index (χ0v) is 14.2. The average Bonchev–Trinajstić information content (AvgIpc) is 2.38. The van der Waals surface area contributed by atoms with Crippen LogP contribution in [0.2, 0.25) is 0 Å². The SMILES string of the molecule is CCCC1(C(=O)O)CCCN(C(=O)CC(C)C(C)(C)C)C1. The van der Waals surface area contributed by atoms with Crippen molar-refractivity contribution < 1.29 is 14.7 Å². The molecule has 1 heterocycles. The van der Waals surface area contributed by atoms with Gasteiger partial charge in [0.2, 0.25) is 5.91 Å². The van der Waals surface area contributed by atoms with Crippen LogP contribution in [-0.4, -0.2) is 35.0 Å². The van der Waals surface area contributed by atoms with Crippen molar-refractivity contribution in [3.63, 3.8) is 0 Å². The first kappa shape index (κ1) is 18.0. The van der Waals surface area contributed by atoms with Crippen LogP contribution in [0.5, 0.6) is 0 Å². The number of carboxylic acid groups (broad SMARTS) is 1. The second-order valence-corrected chi connectivity index (χ2v) is 7.73. The lowest BCUT2D eigenvalue weighted by Gasteiger charge is -2.40. The molecule has 2 atom stereocenters. The van der Waals surface area contributed by atoms with E-state index >= 15 is 0 Å². The molecule has 0 radical (unpaired) electrons. The highest BCUT2D eigenvalue weighted by molar-refractivity contribution is 5.80.